The molecule has 0 heterocycles. The Kier molecular flexibility index (Phi) is 4.73. The Balaban J connectivity index is 3.77. The van der Waals surface area contributed by atoms with Crippen molar-refractivity contribution >= 4 is 13.1 Å². The minimum atomic E-state index is -1.51. The predicted octanol–water partition coefficient (Wildman–Crippen LogP) is 0.286. The maximum Gasteiger partial charge on any atom is 0.480 e. The van der Waals surface area contributed by atoms with Gasteiger partial charge in [0, 0.05) is 0 Å². The molecule has 0 amide bonds. The third-order valence-electron chi connectivity index (χ3n) is 1.01. The topological polar surface area (TPSA) is 66.8 Å². The molecule has 0 aliphatic rings. The van der Waals surface area contributed by atoms with E-state index < -0.39 is 12.7 Å². The molecule has 0 fully saturated rings. The fourth-order valence-electron chi connectivity index (χ4n) is 0.669. The molecule has 74 valence electrons. The molecule has 0 aliphatic heterocycles. The molecule has 0 atom stereocenters. The molecule has 4 nitrogen and oxygen atoms in total. The van der Waals surface area contributed by atoms with E-state index in [1.54, 1.807) is 20.8 Å². The van der Waals surface area contributed by atoms with Crippen LogP contribution in [0.4, 0.5) is 0 Å². The lowest BCUT2D eigenvalue weighted by molar-refractivity contribution is -0.153. The molecular formula is C8H15BO4. The number of hydrogen-bond donors (Lipinski definition) is 2. The number of rotatable bonds is 3. The smallest absolute Gasteiger partial charge is 0.460 e. The van der Waals surface area contributed by atoms with E-state index in [0.29, 0.717) is 0 Å². The van der Waals surface area contributed by atoms with Crippen LogP contribution in [0.3, 0.4) is 0 Å². The minimum Gasteiger partial charge on any atom is -0.460 e. The van der Waals surface area contributed by atoms with Crippen LogP contribution < -0.4 is 0 Å². The second-order valence-electron chi connectivity index (χ2n) is 3.63. The number of ether oxygens (including phenoxy) is 1. The highest BCUT2D eigenvalue weighted by Crippen LogP contribution is 2.08. The normalized spacial score (nSPS) is 11.8. The Labute approximate surface area is 78.4 Å². The molecular weight excluding hydrogens is 171 g/mol. The first kappa shape index (κ1) is 12.2. The third-order valence-corrected chi connectivity index (χ3v) is 1.01. The van der Waals surface area contributed by atoms with Gasteiger partial charge >= 0.3 is 13.1 Å². The summed E-state index contributed by atoms with van der Waals surface area (Å²) in [4.78, 5) is 11.0. The van der Waals surface area contributed by atoms with Gasteiger partial charge in [-0.2, -0.15) is 0 Å². The van der Waals surface area contributed by atoms with Gasteiger partial charge < -0.3 is 14.8 Å². The Hall–Kier alpha value is -0.805. The molecule has 0 unspecified atom stereocenters. The van der Waals surface area contributed by atoms with Gasteiger partial charge in [0.05, 0.1) is 6.42 Å². The van der Waals surface area contributed by atoms with Crippen LogP contribution in [0.5, 0.6) is 0 Å². The van der Waals surface area contributed by atoms with E-state index in [0.717, 1.165) is 5.98 Å². The summed E-state index contributed by atoms with van der Waals surface area (Å²) in [6.07, 6.45) is 1.41. The van der Waals surface area contributed by atoms with Gasteiger partial charge in [0.2, 0.25) is 0 Å². The summed E-state index contributed by atoms with van der Waals surface area (Å²) in [5.41, 5.74) is -0.497. The molecule has 0 saturated carbocycles. The van der Waals surface area contributed by atoms with Gasteiger partial charge in [-0.25, -0.2) is 0 Å². The number of esters is 1. The molecule has 0 spiro atoms. The minimum absolute atomic E-state index is 0.0505. The van der Waals surface area contributed by atoms with E-state index in [1.165, 1.54) is 6.08 Å². The molecule has 0 saturated heterocycles. The van der Waals surface area contributed by atoms with E-state index in [2.05, 4.69) is 0 Å². The summed E-state index contributed by atoms with van der Waals surface area (Å²) < 4.78 is 4.97. The van der Waals surface area contributed by atoms with Crippen molar-refractivity contribution in [1.29, 1.82) is 0 Å². The van der Waals surface area contributed by atoms with Gasteiger partial charge in [-0.3, -0.25) is 4.79 Å². The largest absolute Gasteiger partial charge is 0.480 e. The van der Waals surface area contributed by atoms with Crippen molar-refractivity contribution in [2.75, 3.05) is 0 Å². The van der Waals surface area contributed by atoms with Crippen LogP contribution in [0.1, 0.15) is 27.2 Å². The van der Waals surface area contributed by atoms with Crippen LogP contribution in [0.2, 0.25) is 0 Å². The molecule has 0 rings (SSSR count). The zero-order valence-corrected chi connectivity index (χ0v) is 8.15. The first-order valence-corrected chi connectivity index (χ1v) is 4.06. The third kappa shape index (κ3) is 9.11. The molecule has 0 aromatic carbocycles. The Bertz CT molecular complexity index is 193. The Morgan fingerprint density at radius 3 is 2.38 bits per heavy atom. The first-order valence-electron chi connectivity index (χ1n) is 4.06. The lowest BCUT2D eigenvalue weighted by Gasteiger charge is -2.18. The Morgan fingerprint density at radius 2 is 2.00 bits per heavy atom. The fourth-order valence-corrected chi connectivity index (χ4v) is 0.669. The van der Waals surface area contributed by atoms with Gasteiger partial charge in [-0.15, -0.1) is 0 Å². The standard InChI is InChI=1S/C8H15BO4/c1-8(2,3)13-7(10)5-4-6-9(11)12/h4,6,11-12H,5H2,1-3H3/b6-4+. The molecule has 0 radical (unpaired) electrons. The molecule has 0 aromatic heterocycles. The van der Waals surface area contributed by atoms with E-state index in [4.69, 9.17) is 14.8 Å². The van der Waals surface area contributed by atoms with E-state index in [9.17, 15) is 4.79 Å². The lowest BCUT2D eigenvalue weighted by atomic mass is 9.91. The molecule has 0 aromatic rings. The fraction of sp³-hybridized carbons (Fsp3) is 0.625. The summed E-state index contributed by atoms with van der Waals surface area (Å²) in [5, 5.41) is 16.8. The van der Waals surface area contributed by atoms with E-state index >= 15 is 0 Å². The van der Waals surface area contributed by atoms with Gasteiger partial charge in [0.15, 0.2) is 0 Å². The monoisotopic (exact) mass is 186 g/mol. The van der Waals surface area contributed by atoms with Crippen LogP contribution in [0.15, 0.2) is 12.1 Å². The summed E-state index contributed by atoms with van der Waals surface area (Å²) >= 11 is 0. The quantitative estimate of drug-likeness (QED) is 0.490. The highest BCUT2D eigenvalue weighted by molar-refractivity contribution is 6.47. The second kappa shape index (κ2) is 5.04. The van der Waals surface area contributed by atoms with Crippen molar-refractivity contribution in [3.05, 3.63) is 12.1 Å². The highest BCUT2D eigenvalue weighted by Gasteiger charge is 2.14. The summed E-state index contributed by atoms with van der Waals surface area (Å²) in [6.45, 7) is 5.32. The van der Waals surface area contributed by atoms with Gasteiger partial charge in [0.25, 0.3) is 0 Å². The Morgan fingerprint density at radius 1 is 1.46 bits per heavy atom. The summed E-state index contributed by atoms with van der Waals surface area (Å²) in [5.74, 6) is 0.730. The lowest BCUT2D eigenvalue weighted by Crippen LogP contribution is -2.23. The van der Waals surface area contributed by atoms with Crippen molar-refractivity contribution in [2.45, 2.75) is 32.8 Å². The number of carbonyl (C=O) groups is 1. The van der Waals surface area contributed by atoms with Crippen molar-refractivity contribution in [2.24, 2.45) is 0 Å². The zero-order chi connectivity index (χ0) is 10.5. The maximum absolute atomic E-state index is 11.0. The van der Waals surface area contributed by atoms with Crippen molar-refractivity contribution < 1.29 is 19.6 Å². The van der Waals surface area contributed by atoms with Crippen LogP contribution in [-0.4, -0.2) is 28.7 Å². The first-order chi connectivity index (χ1) is 5.81. The molecule has 13 heavy (non-hydrogen) atoms. The van der Waals surface area contributed by atoms with Gasteiger partial charge in [0.1, 0.15) is 5.60 Å². The van der Waals surface area contributed by atoms with Crippen molar-refractivity contribution in [3.8, 4) is 0 Å². The van der Waals surface area contributed by atoms with Crippen LogP contribution in [-0.2, 0) is 9.53 Å². The summed E-state index contributed by atoms with van der Waals surface area (Å²) in [6, 6.07) is 0. The summed E-state index contributed by atoms with van der Waals surface area (Å²) in [7, 11) is -1.51. The van der Waals surface area contributed by atoms with Gasteiger partial charge in [-0.05, 0) is 20.8 Å². The predicted molar refractivity (Wildman–Crippen MR) is 49.8 cm³/mol. The molecule has 2 N–H and O–H groups in total. The van der Waals surface area contributed by atoms with E-state index in [-0.39, 0.29) is 12.4 Å². The van der Waals surface area contributed by atoms with Gasteiger partial charge in [-0.1, -0.05) is 12.1 Å². The molecule has 5 heteroatoms. The number of hydrogen-bond acceptors (Lipinski definition) is 4. The average molecular weight is 186 g/mol. The van der Waals surface area contributed by atoms with Crippen LogP contribution in [0, 0.1) is 0 Å². The SMILES string of the molecule is CC(C)(C)OC(=O)C/C=C/B(O)O. The van der Waals surface area contributed by atoms with Crippen LogP contribution in [0.25, 0.3) is 0 Å². The van der Waals surface area contributed by atoms with Crippen LogP contribution >= 0.6 is 0 Å². The van der Waals surface area contributed by atoms with E-state index in [1.807, 2.05) is 0 Å². The van der Waals surface area contributed by atoms with Crippen molar-refractivity contribution in [1.82, 2.24) is 0 Å². The average Bonchev–Trinajstić information content (AvgIpc) is 1.81. The molecule has 0 bridgehead atoms. The number of carbonyl (C=O) groups excluding carboxylic acids is 1. The maximum atomic E-state index is 11.0. The second-order valence-corrected chi connectivity index (χ2v) is 3.63. The molecule has 0 aliphatic carbocycles. The highest BCUT2D eigenvalue weighted by atomic mass is 16.6. The zero-order valence-electron chi connectivity index (χ0n) is 8.15. The van der Waals surface area contributed by atoms with Crippen molar-refractivity contribution in [3.63, 3.8) is 0 Å².